The van der Waals surface area contributed by atoms with Crippen LogP contribution in [0.15, 0.2) is 83.8 Å². The number of carbonyl (C=O) groups excluding carboxylic acids is 3. The standard InChI is InChI=1S/C45H48F2N6O8S/c1-7-26-22-45(26,43(56)52-62(57,58)30-17-18-30)51-40(54)34-21-29(23-53(34)42(55)38(44(4,5)6)48-27-14-19-32(46)33(47)20-27)60-41-37-36(31-10-8-9-11-35(31)61-37)49-39(50-41)25-12-15-28(16-13-25)59-24(2)3/h7-16,19-20,24,26,29-30,34,38,48H,1,17-18,21-23H2,2-6H3,(H,51,54)(H,52,56)/t26-,29-,34+,38-,45-/m1/s1. The summed E-state index contributed by atoms with van der Waals surface area (Å²) in [7, 11) is -3.96. The maximum absolute atomic E-state index is 14.9. The Balaban J connectivity index is 1.15. The lowest BCUT2D eigenvalue weighted by atomic mass is 9.85. The SMILES string of the molecule is C=C[C@@H]1C[C@]1(NC(=O)[C@@H]1C[C@@H](Oc2nc(-c3ccc(OC(C)C)cc3)nc3c2oc2ccccc23)CN1C(=O)[C@@H](Nc1ccc(F)c(F)c1)C(C)(C)C)C(=O)NS(=O)(=O)C1CC1. The molecule has 3 aromatic carbocycles. The number of fused-ring (bicyclic) bond motifs is 3. The second-order valence-corrected chi connectivity index (χ2v) is 19.5. The molecule has 2 aliphatic carbocycles. The molecule has 3 aliphatic rings. The first-order valence-electron chi connectivity index (χ1n) is 20.5. The molecule has 17 heteroatoms. The molecule has 3 N–H and O–H groups in total. The number of ether oxygens (including phenoxy) is 2. The number of carbonyl (C=O) groups is 3. The monoisotopic (exact) mass is 870 g/mol. The minimum atomic E-state index is -3.96. The van der Waals surface area contributed by atoms with Crippen LogP contribution in [-0.2, 0) is 24.4 Å². The van der Waals surface area contributed by atoms with Crippen molar-refractivity contribution in [2.24, 2.45) is 11.3 Å². The number of halogens is 2. The lowest BCUT2D eigenvalue weighted by Crippen LogP contribution is -2.58. The highest BCUT2D eigenvalue weighted by atomic mass is 32.2. The summed E-state index contributed by atoms with van der Waals surface area (Å²) in [6.45, 7) is 12.8. The van der Waals surface area contributed by atoms with Gasteiger partial charge in [-0.1, -0.05) is 39.0 Å². The van der Waals surface area contributed by atoms with E-state index in [1.54, 1.807) is 26.8 Å². The fraction of sp³-hybridized carbons (Fsp3) is 0.400. The van der Waals surface area contributed by atoms with Crippen molar-refractivity contribution >= 4 is 55.5 Å². The Kier molecular flexibility index (Phi) is 11.0. The topological polar surface area (TPSA) is 182 Å². The van der Waals surface area contributed by atoms with E-state index in [4.69, 9.17) is 23.9 Å². The maximum atomic E-state index is 14.9. The number of sulfonamides is 1. The van der Waals surface area contributed by atoms with Crippen LogP contribution in [0.3, 0.4) is 0 Å². The highest BCUT2D eigenvalue weighted by Crippen LogP contribution is 2.46. The van der Waals surface area contributed by atoms with Crippen molar-refractivity contribution < 1.29 is 45.5 Å². The molecular weight excluding hydrogens is 823 g/mol. The molecule has 5 atom stereocenters. The van der Waals surface area contributed by atoms with Crippen LogP contribution in [-0.4, -0.2) is 82.6 Å². The van der Waals surface area contributed by atoms with E-state index < -0.39 is 79.7 Å². The van der Waals surface area contributed by atoms with Gasteiger partial charge >= 0.3 is 0 Å². The molecule has 2 aromatic heterocycles. The molecule has 3 amide bonds. The van der Waals surface area contributed by atoms with Crippen molar-refractivity contribution in [3.8, 4) is 23.0 Å². The van der Waals surface area contributed by atoms with Gasteiger partial charge in [-0.15, -0.1) is 6.58 Å². The molecule has 1 saturated heterocycles. The summed E-state index contributed by atoms with van der Waals surface area (Å²) >= 11 is 0. The Labute approximate surface area is 357 Å². The normalized spacial score (nSPS) is 21.7. The minimum Gasteiger partial charge on any atom is -0.491 e. The molecule has 5 aromatic rings. The fourth-order valence-corrected chi connectivity index (χ4v) is 9.21. The zero-order chi connectivity index (χ0) is 44.3. The number of likely N-dealkylation sites (tertiary alicyclic amines) is 1. The van der Waals surface area contributed by atoms with Gasteiger partial charge in [-0.25, -0.2) is 22.2 Å². The van der Waals surface area contributed by atoms with Gasteiger partial charge in [0, 0.05) is 35.0 Å². The van der Waals surface area contributed by atoms with E-state index >= 15 is 0 Å². The molecule has 0 bridgehead atoms. The number of hydrogen-bond acceptors (Lipinski definition) is 11. The van der Waals surface area contributed by atoms with E-state index in [9.17, 15) is 31.6 Å². The van der Waals surface area contributed by atoms with Crippen molar-refractivity contribution in [2.45, 2.75) is 95.4 Å². The molecule has 0 radical (unpaired) electrons. The van der Waals surface area contributed by atoms with Crippen LogP contribution >= 0.6 is 0 Å². The smallest absolute Gasteiger partial charge is 0.262 e. The highest BCUT2D eigenvalue weighted by Gasteiger charge is 2.62. The minimum absolute atomic E-state index is 0.0336. The number of anilines is 1. The molecule has 326 valence electrons. The summed E-state index contributed by atoms with van der Waals surface area (Å²) in [5.74, 6) is -3.90. The second kappa shape index (κ2) is 16.0. The first-order chi connectivity index (χ1) is 29.4. The summed E-state index contributed by atoms with van der Waals surface area (Å²) < 4.78 is 74.9. The van der Waals surface area contributed by atoms with E-state index in [2.05, 4.69) is 21.9 Å². The molecule has 62 heavy (non-hydrogen) atoms. The fourth-order valence-electron chi connectivity index (χ4n) is 7.85. The van der Waals surface area contributed by atoms with Gasteiger partial charge in [0.05, 0.1) is 17.9 Å². The molecule has 2 saturated carbocycles. The number of nitrogens with one attached hydrogen (secondary N) is 3. The van der Waals surface area contributed by atoms with Crippen molar-refractivity contribution in [3.05, 3.63) is 91.0 Å². The van der Waals surface area contributed by atoms with Crippen molar-refractivity contribution in [1.29, 1.82) is 0 Å². The summed E-state index contributed by atoms with van der Waals surface area (Å²) in [5, 5.41) is 5.86. The van der Waals surface area contributed by atoms with Crippen LogP contribution in [0.5, 0.6) is 11.6 Å². The van der Waals surface area contributed by atoms with Gasteiger partial charge in [0.1, 0.15) is 40.6 Å². The molecule has 0 spiro atoms. The van der Waals surface area contributed by atoms with Gasteiger partial charge in [-0.2, -0.15) is 4.98 Å². The molecule has 1 aliphatic heterocycles. The number of furan rings is 1. The van der Waals surface area contributed by atoms with E-state index in [0.717, 1.165) is 12.1 Å². The Bertz CT molecular complexity index is 2700. The largest absolute Gasteiger partial charge is 0.491 e. The summed E-state index contributed by atoms with van der Waals surface area (Å²) in [5.41, 5.74) is -0.429. The molecular formula is C45H48F2N6O8S. The average Bonchev–Trinajstić information content (AvgIpc) is 4.12. The lowest BCUT2D eigenvalue weighted by Gasteiger charge is -2.36. The van der Waals surface area contributed by atoms with Gasteiger partial charge in [0.15, 0.2) is 17.5 Å². The predicted octanol–water partition coefficient (Wildman–Crippen LogP) is 6.65. The lowest BCUT2D eigenvalue weighted by molar-refractivity contribution is -0.141. The summed E-state index contributed by atoms with van der Waals surface area (Å²) in [6.07, 6.45) is 1.42. The number of para-hydroxylation sites is 1. The van der Waals surface area contributed by atoms with Gasteiger partial charge < -0.3 is 29.4 Å². The third-order valence-corrected chi connectivity index (χ3v) is 13.2. The number of nitrogens with zero attached hydrogens (tertiary/aromatic N) is 3. The van der Waals surface area contributed by atoms with Crippen LogP contribution in [0.25, 0.3) is 33.5 Å². The number of amides is 3. The Morgan fingerprint density at radius 2 is 1.74 bits per heavy atom. The van der Waals surface area contributed by atoms with E-state index in [-0.39, 0.29) is 42.6 Å². The van der Waals surface area contributed by atoms with Gasteiger partial charge in [-0.3, -0.25) is 19.1 Å². The molecule has 3 fully saturated rings. The first-order valence-corrected chi connectivity index (χ1v) is 22.1. The Hall–Kier alpha value is -6.10. The number of benzene rings is 3. The maximum Gasteiger partial charge on any atom is 0.262 e. The zero-order valence-corrected chi connectivity index (χ0v) is 35.7. The second-order valence-electron chi connectivity index (χ2n) is 17.6. The van der Waals surface area contributed by atoms with Gasteiger partial charge in [0.25, 0.3) is 11.8 Å². The molecule has 8 rings (SSSR count). The summed E-state index contributed by atoms with van der Waals surface area (Å²) in [4.78, 5) is 54.1. The van der Waals surface area contributed by atoms with Crippen LogP contribution in [0.2, 0.25) is 0 Å². The molecule has 0 unspecified atom stereocenters. The van der Waals surface area contributed by atoms with Crippen LogP contribution in [0.4, 0.5) is 14.5 Å². The van der Waals surface area contributed by atoms with E-state index in [0.29, 0.717) is 46.5 Å². The highest BCUT2D eigenvalue weighted by molar-refractivity contribution is 7.91. The molecule has 3 heterocycles. The van der Waals surface area contributed by atoms with Gasteiger partial charge in [0.2, 0.25) is 27.4 Å². The van der Waals surface area contributed by atoms with Crippen molar-refractivity contribution in [1.82, 2.24) is 24.9 Å². The van der Waals surface area contributed by atoms with Crippen LogP contribution < -0.4 is 24.8 Å². The Morgan fingerprint density at radius 1 is 1.02 bits per heavy atom. The average molecular weight is 871 g/mol. The predicted molar refractivity (Wildman–Crippen MR) is 228 cm³/mol. The van der Waals surface area contributed by atoms with Crippen LogP contribution in [0.1, 0.15) is 60.3 Å². The van der Waals surface area contributed by atoms with Crippen molar-refractivity contribution in [3.63, 3.8) is 0 Å². The zero-order valence-electron chi connectivity index (χ0n) is 34.9. The van der Waals surface area contributed by atoms with E-state index in [1.165, 1.54) is 17.0 Å². The van der Waals surface area contributed by atoms with Crippen molar-refractivity contribution in [2.75, 3.05) is 11.9 Å². The number of rotatable bonds is 14. The first kappa shape index (κ1) is 42.6. The quantitative estimate of drug-likeness (QED) is 0.102. The molecule has 14 nitrogen and oxygen atoms in total. The van der Waals surface area contributed by atoms with Crippen LogP contribution in [0, 0.1) is 23.0 Å². The van der Waals surface area contributed by atoms with Gasteiger partial charge in [-0.05, 0) is 87.1 Å². The summed E-state index contributed by atoms with van der Waals surface area (Å²) in [6, 6.07) is 15.5. The third-order valence-electron chi connectivity index (χ3n) is 11.4. The number of hydrogen-bond donors (Lipinski definition) is 3. The third kappa shape index (κ3) is 8.41. The Morgan fingerprint density at radius 3 is 2.39 bits per heavy atom. The van der Waals surface area contributed by atoms with E-state index in [1.807, 2.05) is 56.3 Å². The number of aromatic nitrogens is 2.